The van der Waals surface area contributed by atoms with Crippen molar-refractivity contribution < 1.29 is 8.42 Å². The van der Waals surface area contributed by atoms with Crippen LogP contribution in [0.2, 0.25) is 5.02 Å². The first-order valence-corrected chi connectivity index (χ1v) is 13.1. The lowest BCUT2D eigenvalue weighted by Crippen LogP contribution is -2.33. The fourth-order valence-corrected chi connectivity index (χ4v) is 5.22. The lowest BCUT2D eigenvalue weighted by Gasteiger charge is -2.31. The molecule has 0 saturated carbocycles. The Bertz CT molecular complexity index is 1230. The molecule has 2 atom stereocenters. The van der Waals surface area contributed by atoms with Crippen LogP contribution in [0.4, 0.5) is 28.7 Å². The number of anilines is 5. The van der Waals surface area contributed by atoms with Crippen molar-refractivity contribution in [2.75, 3.05) is 21.3 Å². The van der Waals surface area contributed by atoms with E-state index >= 15 is 0 Å². The third kappa shape index (κ3) is 5.74. The highest BCUT2D eigenvalue weighted by atomic mass is 35.5. The molecule has 0 radical (unpaired) electrons. The van der Waals surface area contributed by atoms with Crippen LogP contribution in [-0.2, 0) is 9.84 Å². The minimum absolute atomic E-state index is 0. The van der Waals surface area contributed by atoms with Gasteiger partial charge in [-0.2, -0.15) is 0 Å². The molecule has 0 aliphatic carbocycles. The average Bonchev–Trinajstić information content (AvgIpc) is 3.13. The second-order valence-corrected chi connectivity index (χ2v) is 11.0. The van der Waals surface area contributed by atoms with Gasteiger partial charge in [0.1, 0.15) is 18.0 Å². The molecule has 2 N–H and O–H groups in total. The molecule has 182 valence electrons. The molecule has 2 unspecified atom stereocenters. The first-order valence-electron chi connectivity index (χ1n) is 11.0. The van der Waals surface area contributed by atoms with Crippen molar-refractivity contribution in [1.29, 1.82) is 0 Å². The number of halogens is 2. The Kier molecular flexibility index (Phi) is 8.28. The van der Waals surface area contributed by atoms with E-state index < -0.39 is 9.84 Å². The monoisotopic (exact) mass is 521 g/mol. The number of rotatable bonds is 7. The summed E-state index contributed by atoms with van der Waals surface area (Å²) in [6, 6.07) is 15.2. The fraction of sp³-hybridized carbons (Fsp3) is 0.333. The molecular weight excluding hydrogens is 493 g/mol. The van der Waals surface area contributed by atoms with Gasteiger partial charge in [-0.1, -0.05) is 18.5 Å². The molecule has 1 saturated heterocycles. The Morgan fingerprint density at radius 1 is 0.971 bits per heavy atom. The number of sulfone groups is 1. The number of nitrogens with one attached hydrogen (secondary N) is 2. The van der Waals surface area contributed by atoms with E-state index in [1.54, 1.807) is 37.3 Å². The molecule has 1 fully saturated rings. The van der Waals surface area contributed by atoms with E-state index in [0.717, 1.165) is 24.2 Å². The van der Waals surface area contributed by atoms with Crippen LogP contribution < -0.4 is 15.5 Å². The van der Waals surface area contributed by atoms with Gasteiger partial charge >= 0.3 is 0 Å². The highest BCUT2D eigenvalue weighted by Gasteiger charge is 2.29. The van der Waals surface area contributed by atoms with Crippen LogP contribution in [0.15, 0.2) is 59.8 Å². The van der Waals surface area contributed by atoms with Gasteiger partial charge in [-0.25, -0.2) is 18.4 Å². The number of benzene rings is 2. The molecule has 7 nitrogen and oxygen atoms in total. The van der Waals surface area contributed by atoms with Crippen LogP contribution in [0, 0.1) is 0 Å². The maximum absolute atomic E-state index is 12.6. The second kappa shape index (κ2) is 10.8. The summed E-state index contributed by atoms with van der Waals surface area (Å²) in [4.78, 5) is 11.3. The smallest absolute Gasteiger partial charge is 0.178 e. The SMILES string of the molecule is CCS(=O)(=O)c1ccc(N2C(C)CCC2C)c(Nc2cc(Nc3ccc(Cl)cc3)ncn2)c1.Cl. The van der Waals surface area contributed by atoms with E-state index in [4.69, 9.17) is 11.6 Å². The Hall–Kier alpha value is -2.55. The minimum atomic E-state index is -3.35. The maximum atomic E-state index is 12.6. The van der Waals surface area contributed by atoms with Crippen molar-refractivity contribution in [2.24, 2.45) is 0 Å². The highest BCUT2D eigenvalue weighted by Crippen LogP contribution is 2.38. The van der Waals surface area contributed by atoms with Crippen LogP contribution in [-0.4, -0.2) is 36.2 Å². The number of aromatic nitrogens is 2. The summed E-state index contributed by atoms with van der Waals surface area (Å²) < 4.78 is 25.1. The van der Waals surface area contributed by atoms with Crippen LogP contribution in [0.25, 0.3) is 0 Å². The normalized spacial score (nSPS) is 17.8. The topological polar surface area (TPSA) is 87.2 Å². The first kappa shape index (κ1) is 26.1. The van der Waals surface area contributed by atoms with Gasteiger partial charge in [-0.05, 0) is 69.2 Å². The summed E-state index contributed by atoms with van der Waals surface area (Å²) in [7, 11) is -3.35. The molecule has 0 bridgehead atoms. The van der Waals surface area contributed by atoms with Gasteiger partial charge < -0.3 is 15.5 Å². The molecule has 4 rings (SSSR count). The van der Waals surface area contributed by atoms with Crippen molar-refractivity contribution in [1.82, 2.24) is 9.97 Å². The van der Waals surface area contributed by atoms with Gasteiger partial charge in [0.15, 0.2) is 9.84 Å². The predicted molar refractivity (Wildman–Crippen MR) is 142 cm³/mol. The van der Waals surface area contributed by atoms with Crippen LogP contribution in [0.3, 0.4) is 0 Å². The summed E-state index contributed by atoms with van der Waals surface area (Å²) in [5, 5.41) is 7.23. The molecular formula is C24H29Cl2N5O2S. The Morgan fingerprint density at radius 2 is 1.59 bits per heavy atom. The van der Waals surface area contributed by atoms with Gasteiger partial charge in [0, 0.05) is 28.9 Å². The molecule has 2 aromatic carbocycles. The molecule has 0 amide bonds. The molecule has 1 aliphatic heterocycles. The summed E-state index contributed by atoms with van der Waals surface area (Å²) in [6.07, 6.45) is 3.66. The van der Waals surface area contributed by atoms with Gasteiger partial charge in [0.2, 0.25) is 0 Å². The maximum Gasteiger partial charge on any atom is 0.178 e. The zero-order chi connectivity index (χ0) is 23.6. The molecule has 1 aromatic heterocycles. The quantitative estimate of drug-likeness (QED) is 0.382. The Labute approximate surface area is 212 Å². The fourth-order valence-electron chi connectivity index (χ4n) is 4.18. The number of hydrogen-bond acceptors (Lipinski definition) is 7. The first-order chi connectivity index (χ1) is 15.8. The molecule has 34 heavy (non-hydrogen) atoms. The van der Waals surface area contributed by atoms with Crippen molar-refractivity contribution in [3.8, 4) is 0 Å². The van der Waals surface area contributed by atoms with Gasteiger partial charge in [-0.15, -0.1) is 12.4 Å². The van der Waals surface area contributed by atoms with E-state index in [1.807, 2.05) is 18.2 Å². The van der Waals surface area contributed by atoms with Gasteiger partial charge in [0.25, 0.3) is 0 Å². The van der Waals surface area contributed by atoms with E-state index in [0.29, 0.717) is 39.3 Å². The Morgan fingerprint density at radius 3 is 2.21 bits per heavy atom. The number of nitrogens with zero attached hydrogens (tertiary/aromatic N) is 3. The molecule has 10 heteroatoms. The van der Waals surface area contributed by atoms with Crippen molar-refractivity contribution >= 4 is 62.5 Å². The summed E-state index contributed by atoms with van der Waals surface area (Å²) in [5.41, 5.74) is 2.52. The molecule has 1 aliphatic rings. The summed E-state index contributed by atoms with van der Waals surface area (Å²) >= 11 is 5.96. The zero-order valence-electron chi connectivity index (χ0n) is 19.3. The van der Waals surface area contributed by atoms with E-state index in [9.17, 15) is 8.42 Å². The van der Waals surface area contributed by atoms with Crippen molar-refractivity contribution in [3.63, 3.8) is 0 Å². The van der Waals surface area contributed by atoms with Crippen LogP contribution in [0.1, 0.15) is 33.6 Å². The lowest BCUT2D eigenvalue weighted by atomic mass is 10.2. The molecule has 0 spiro atoms. The van der Waals surface area contributed by atoms with Gasteiger partial charge in [0.05, 0.1) is 22.0 Å². The third-order valence-electron chi connectivity index (χ3n) is 5.98. The second-order valence-electron chi connectivity index (χ2n) is 8.31. The third-order valence-corrected chi connectivity index (χ3v) is 7.97. The van der Waals surface area contributed by atoms with Crippen LogP contribution in [0.5, 0.6) is 0 Å². The Balaban J connectivity index is 0.00000324. The summed E-state index contributed by atoms with van der Waals surface area (Å²) in [6.45, 7) is 6.05. The largest absolute Gasteiger partial charge is 0.364 e. The molecule has 2 heterocycles. The minimum Gasteiger partial charge on any atom is -0.364 e. The summed E-state index contributed by atoms with van der Waals surface area (Å²) in [5.74, 6) is 1.22. The van der Waals surface area contributed by atoms with Crippen LogP contribution >= 0.6 is 24.0 Å². The zero-order valence-corrected chi connectivity index (χ0v) is 21.7. The van der Waals surface area contributed by atoms with E-state index in [-0.39, 0.29) is 18.2 Å². The number of hydrogen-bond donors (Lipinski definition) is 2. The van der Waals surface area contributed by atoms with E-state index in [1.165, 1.54) is 6.33 Å². The van der Waals surface area contributed by atoms with Crippen molar-refractivity contribution in [3.05, 3.63) is 59.9 Å². The van der Waals surface area contributed by atoms with Crippen molar-refractivity contribution in [2.45, 2.75) is 50.6 Å². The predicted octanol–water partition coefficient (Wildman–Crippen LogP) is 6.21. The van der Waals surface area contributed by atoms with Gasteiger partial charge in [-0.3, -0.25) is 0 Å². The standard InChI is InChI=1S/C24H28ClN5O2S.ClH/c1-4-33(31,32)20-11-12-22(30-16(2)5-6-17(30)3)21(13-20)29-24-14-23(26-15-27-24)28-19-9-7-18(25)8-10-19;/h7-17H,4-6H2,1-3H3,(H2,26,27,28,29);1H. The highest BCUT2D eigenvalue weighted by molar-refractivity contribution is 7.91. The molecule has 3 aromatic rings. The average molecular weight is 523 g/mol. The lowest BCUT2D eigenvalue weighted by molar-refractivity contribution is 0.597. The van der Waals surface area contributed by atoms with E-state index in [2.05, 4.69) is 39.3 Å².